The first kappa shape index (κ1) is 17.2. The molecule has 7 nitrogen and oxygen atoms in total. The number of fused-ring (bicyclic) bond motifs is 1. The standard InChI is InChI=1S/C20H18N2O5/c23-17-8-7-15-19(24)18(11-13-3-5-14(6-4-13)22(25)26)27-20(15)16(17)12-21-9-1-2-10-21/h3-8,11,23H,1-2,9-10,12H2/p+1/b18-11-. The summed E-state index contributed by atoms with van der Waals surface area (Å²) in [7, 11) is 0. The van der Waals surface area contributed by atoms with Gasteiger partial charge in [-0.25, -0.2) is 0 Å². The van der Waals surface area contributed by atoms with E-state index in [1.807, 2.05) is 0 Å². The molecule has 4 rings (SSSR count). The fourth-order valence-electron chi connectivity index (χ4n) is 3.61. The summed E-state index contributed by atoms with van der Waals surface area (Å²) < 4.78 is 5.83. The van der Waals surface area contributed by atoms with Gasteiger partial charge in [-0.05, 0) is 35.9 Å². The maximum absolute atomic E-state index is 12.7. The number of hydrogen-bond acceptors (Lipinski definition) is 5. The van der Waals surface area contributed by atoms with Gasteiger partial charge in [0.05, 0.1) is 29.1 Å². The largest absolute Gasteiger partial charge is 0.507 e. The van der Waals surface area contributed by atoms with Gasteiger partial charge in [-0.2, -0.15) is 0 Å². The number of nitro benzene ring substituents is 1. The van der Waals surface area contributed by atoms with E-state index in [4.69, 9.17) is 4.74 Å². The predicted octanol–water partition coefficient (Wildman–Crippen LogP) is 2.10. The molecule has 0 unspecified atom stereocenters. The molecule has 7 heteroatoms. The number of quaternary nitrogens is 1. The maximum atomic E-state index is 12.7. The topological polar surface area (TPSA) is 94.1 Å². The Morgan fingerprint density at radius 2 is 1.85 bits per heavy atom. The van der Waals surface area contributed by atoms with Crippen LogP contribution in [0.25, 0.3) is 6.08 Å². The summed E-state index contributed by atoms with van der Waals surface area (Å²) in [5, 5.41) is 21.0. The highest BCUT2D eigenvalue weighted by molar-refractivity contribution is 6.15. The normalized spacial score (nSPS) is 17.9. The van der Waals surface area contributed by atoms with Crippen molar-refractivity contribution in [3.8, 4) is 11.5 Å². The average molecular weight is 367 g/mol. The summed E-state index contributed by atoms with van der Waals surface area (Å²) in [5.41, 5.74) is 1.71. The molecular formula is C20H19N2O5+. The van der Waals surface area contributed by atoms with Crippen LogP contribution in [0.5, 0.6) is 11.5 Å². The average Bonchev–Trinajstić information content (AvgIpc) is 3.27. The molecule has 1 saturated heterocycles. The molecule has 27 heavy (non-hydrogen) atoms. The Bertz CT molecular complexity index is 944. The molecule has 0 spiro atoms. The minimum atomic E-state index is -0.472. The first-order chi connectivity index (χ1) is 13.0. The van der Waals surface area contributed by atoms with Gasteiger partial charge in [-0.3, -0.25) is 14.9 Å². The van der Waals surface area contributed by atoms with Gasteiger partial charge in [0.2, 0.25) is 5.78 Å². The van der Waals surface area contributed by atoms with Gasteiger partial charge >= 0.3 is 0 Å². The smallest absolute Gasteiger partial charge is 0.269 e. The van der Waals surface area contributed by atoms with Crippen LogP contribution in [0.2, 0.25) is 0 Å². The van der Waals surface area contributed by atoms with E-state index < -0.39 is 4.92 Å². The second-order valence-electron chi connectivity index (χ2n) is 6.86. The number of likely N-dealkylation sites (tertiary alicyclic amines) is 1. The highest BCUT2D eigenvalue weighted by Crippen LogP contribution is 2.39. The maximum Gasteiger partial charge on any atom is 0.269 e. The zero-order chi connectivity index (χ0) is 19.0. The molecular weight excluding hydrogens is 348 g/mol. The molecule has 1 fully saturated rings. The van der Waals surface area contributed by atoms with Crippen LogP contribution in [0.15, 0.2) is 42.2 Å². The number of allylic oxidation sites excluding steroid dienone is 1. The Morgan fingerprint density at radius 1 is 1.15 bits per heavy atom. The Labute approximate surface area is 155 Å². The van der Waals surface area contributed by atoms with Crippen molar-refractivity contribution in [3.05, 3.63) is 69.0 Å². The number of ether oxygens (including phenoxy) is 1. The Morgan fingerprint density at radius 3 is 2.52 bits per heavy atom. The van der Waals surface area contributed by atoms with Gasteiger partial charge in [0.15, 0.2) is 11.5 Å². The van der Waals surface area contributed by atoms with Crippen LogP contribution >= 0.6 is 0 Å². The molecule has 2 N–H and O–H groups in total. The van der Waals surface area contributed by atoms with Crippen molar-refractivity contribution in [2.45, 2.75) is 19.4 Å². The van der Waals surface area contributed by atoms with E-state index in [1.165, 1.54) is 17.0 Å². The SMILES string of the molecule is O=C1/C(=C/c2ccc([N+](=O)[O-])cc2)Oc2c1ccc(O)c2C[NH+]1CCCC1. The van der Waals surface area contributed by atoms with Crippen LogP contribution in [0.3, 0.4) is 0 Å². The van der Waals surface area contributed by atoms with E-state index in [-0.39, 0.29) is 23.0 Å². The predicted molar refractivity (Wildman–Crippen MR) is 97.8 cm³/mol. The molecule has 2 aliphatic rings. The number of rotatable bonds is 4. The number of nitrogens with zero attached hydrogens (tertiary/aromatic N) is 1. The number of phenolic OH excluding ortho intramolecular Hbond substituents is 1. The first-order valence-corrected chi connectivity index (χ1v) is 8.90. The van der Waals surface area contributed by atoms with Crippen molar-refractivity contribution in [3.63, 3.8) is 0 Å². The summed E-state index contributed by atoms with van der Waals surface area (Å²) in [4.78, 5) is 24.3. The van der Waals surface area contributed by atoms with E-state index in [0.29, 0.717) is 29.0 Å². The number of benzene rings is 2. The number of phenols is 1. The van der Waals surface area contributed by atoms with Gasteiger partial charge in [0.1, 0.15) is 12.3 Å². The number of ketones is 1. The van der Waals surface area contributed by atoms with E-state index in [0.717, 1.165) is 25.9 Å². The summed E-state index contributed by atoms with van der Waals surface area (Å²) in [6.45, 7) is 2.71. The number of carbonyl (C=O) groups excluding carboxylic acids is 1. The third kappa shape index (κ3) is 3.29. The molecule has 2 aromatic rings. The zero-order valence-corrected chi connectivity index (χ0v) is 14.6. The van der Waals surface area contributed by atoms with Crippen LogP contribution in [0.1, 0.15) is 34.3 Å². The van der Waals surface area contributed by atoms with E-state index >= 15 is 0 Å². The van der Waals surface area contributed by atoms with E-state index in [9.17, 15) is 20.0 Å². The second-order valence-corrected chi connectivity index (χ2v) is 6.86. The van der Waals surface area contributed by atoms with Crippen LogP contribution < -0.4 is 9.64 Å². The van der Waals surface area contributed by atoms with E-state index in [2.05, 4.69) is 0 Å². The number of nitro groups is 1. The molecule has 2 aromatic carbocycles. The second kappa shape index (κ2) is 6.85. The molecule has 0 aliphatic carbocycles. The fraction of sp³-hybridized carbons (Fsp3) is 0.250. The van der Waals surface area contributed by atoms with Crippen LogP contribution in [0, 0.1) is 10.1 Å². The summed E-state index contributed by atoms with van der Waals surface area (Å²) in [6.07, 6.45) is 3.89. The number of nitrogens with one attached hydrogen (secondary N) is 1. The number of carbonyl (C=O) groups is 1. The number of non-ortho nitro benzene ring substituents is 1. The molecule has 138 valence electrons. The molecule has 0 radical (unpaired) electrons. The van der Waals surface area contributed by atoms with Crippen molar-refractivity contribution in [2.24, 2.45) is 0 Å². The fourth-order valence-corrected chi connectivity index (χ4v) is 3.61. The van der Waals surface area contributed by atoms with Crippen molar-refractivity contribution in [1.29, 1.82) is 0 Å². The lowest BCUT2D eigenvalue weighted by Crippen LogP contribution is -3.08. The quantitative estimate of drug-likeness (QED) is 0.490. The number of hydrogen-bond donors (Lipinski definition) is 2. The summed E-state index contributed by atoms with van der Waals surface area (Å²) in [6, 6.07) is 9.02. The lowest BCUT2D eigenvalue weighted by Gasteiger charge is -2.15. The molecule has 0 amide bonds. The van der Waals surface area contributed by atoms with Crippen LogP contribution in [0.4, 0.5) is 5.69 Å². The lowest BCUT2D eigenvalue weighted by atomic mass is 10.0. The van der Waals surface area contributed by atoms with Gasteiger partial charge < -0.3 is 14.7 Å². The van der Waals surface area contributed by atoms with Crippen molar-refractivity contribution in [1.82, 2.24) is 0 Å². The molecule has 0 aromatic heterocycles. The Balaban J connectivity index is 1.64. The van der Waals surface area contributed by atoms with Crippen LogP contribution in [-0.4, -0.2) is 28.9 Å². The molecule has 0 atom stereocenters. The minimum absolute atomic E-state index is 0.0140. The Hall–Kier alpha value is -3.19. The monoisotopic (exact) mass is 367 g/mol. The summed E-state index contributed by atoms with van der Waals surface area (Å²) in [5.74, 6) is 0.466. The molecule has 2 aliphatic heterocycles. The van der Waals surface area contributed by atoms with Crippen molar-refractivity contribution >= 4 is 17.5 Å². The first-order valence-electron chi connectivity index (χ1n) is 8.90. The minimum Gasteiger partial charge on any atom is -0.507 e. The summed E-state index contributed by atoms with van der Waals surface area (Å²) >= 11 is 0. The third-order valence-electron chi connectivity index (χ3n) is 5.06. The van der Waals surface area contributed by atoms with Gasteiger partial charge in [0.25, 0.3) is 5.69 Å². The van der Waals surface area contributed by atoms with Gasteiger partial charge in [-0.15, -0.1) is 0 Å². The lowest BCUT2D eigenvalue weighted by molar-refractivity contribution is -0.901. The zero-order valence-electron chi connectivity index (χ0n) is 14.6. The molecule has 2 heterocycles. The van der Waals surface area contributed by atoms with E-state index in [1.54, 1.807) is 30.3 Å². The molecule has 0 saturated carbocycles. The highest BCUT2D eigenvalue weighted by Gasteiger charge is 2.33. The van der Waals surface area contributed by atoms with Crippen molar-refractivity contribution < 1.29 is 24.5 Å². The van der Waals surface area contributed by atoms with Crippen molar-refractivity contribution in [2.75, 3.05) is 13.1 Å². The van der Waals surface area contributed by atoms with Crippen LogP contribution in [-0.2, 0) is 6.54 Å². The van der Waals surface area contributed by atoms with Gasteiger partial charge in [0, 0.05) is 25.0 Å². The Kier molecular flexibility index (Phi) is 4.37. The third-order valence-corrected chi connectivity index (χ3v) is 5.06. The number of aromatic hydroxyl groups is 1. The number of Topliss-reactive ketones (excluding diaryl/α,β-unsaturated/α-hetero) is 1. The van der Waals surface area contributed by atoms with Gasteiger partial charge in [-0.1, -0.05) is 0 Å². The molecule has 0 bridgehead atoms. The highest BCUT2D eigenvalue weighted by atomic mass is 16.6.